The molecule has 0 heterocycles. The van der Waals surface area contributed by atoms with E-state index in [0.29, 0.717) is 16.7 Å². The summed E-state index contributed by atoms with van der Waals surface area (Å²) in [6.45, 7) is 19.3. The summed E-state index contributed by atoms with van der Waals surface area (Å²) in [5.74, 6) is 0.859. The molecule has 5 rings (SSSR count). The van der Waals surface area contributed by atoms with Crippen molar-refractivity contribution in [2.45, 2.75) is 94.9 Å². The standard InChI is InChI=1S/C8H8F2.2C8H9F.C8H16.C8H10/c1-5-3-7(9)6(2)8(10)4-5;2*1-6-3-4-7(2)8(9)5-6;2*1-7-3-5-8(2)6-4-7/h3-4H,1-2H3;2*3-5H,1-2H3;7-8H,3-6H2,1-2H3;3-6H,1-2H3. The average molecular weight is 609 g/mol. The molecular formula is C40H52F4. The molecule has 4 aromatic carbocycles. The largest absolute Gasteiger partial charge is 0.207 e. The van der Waals surface area contributed by atoms with Gasteiger partial charge in [-0.05, 0) is 119 Å². The molecule has 44 heavy (non-hydrogen) atoms. The zero-order valence-corrected chi connectivity index (χ0v) is 28.4. The third-order valence-corrected chi connectivity index (χ3v) is 7.60. The van der Waals surface area contributed by atoms with Crippen LogP contribution >= 0.6 is 0 Å². The third-order valence-electron chi connectivity index (χ3n) is 7.60. The van der Waals surface area contributed by atoms with E-state index >= 15 is 0 Å². The summed E-state index contributed by atoms with van der Waals surface area (Å²) < 4.78 is 50.4. The van der Waals surface area contributed by atoms with Gasteiger partial charge in [0.2, 0.25) is 0 Å². The van der Waals surface area contributed by atoms with E-state index in [1.54, 1.807) is 32.9 Å². The second kappa shape index (κ2) is 19.8. The van der Waals surface area contributed by atoms with Crippen molar-refractivity contribution in [3.8, 4) is 0 Å². The molecule has 1 aliphatic rings. The highest BCUT2D eigenvalue weighted by molar-refractivity contribution is 5.24. The Bertz CT molecular complexity index is 1290. The van der Waals surface area contributed by atoms with Gasteiger partial charge in [0.25, 0.3) is 0 Å². The van der Waals surface area contributed by atoms with Gasteiger partial charge in [-0.1, -0.05) is 99.2 Å². The number of benzene rings is 4. The Morgan fingerprint density at radius 2 is 0.659 bits per heavy atom. The van der Waals surface area contributed by atoms with Crippen molar-refractivity contribution in [2.75, 3.05) is 0 Å². The Balaban J connectivity index is 0.000000276. The molecule has 0 bridgehead atoms. The molecule has 0 amide bonds. The van der Waals surface area contributed by atoms with Gasteiger partial charge in [-0.2, -0.15) is 0 Å². The van der Waals surface area contributed by atoms with Gasteiger partial charge in [-0.25, -0.2) is 17.6 Å². The summed E-state index contributed by atoms with van der Waals surface area (Å²) in [6.07, 6.45) is 5.89. The fourth-order valence-electron chi connectivity index (χ4n) is 4.23. The second-order valence-corrected chi connectivity index (χ2v) is 12.4. The number of hydrogen-bond donors (Lipinski definition) is 0. The topological polar surface area (TPSA) is 0 Å². The predicted molar refractivity (Wildman–Crippen MR) is 180 cm³/mol. The molecule has 240 valence electrons. The lowest BCUT2D eigenvalue weighted by atomic mass is 9.84. The lowest BCUT2D eigenvalue weighted by Crippen LogP contribution is -2.08. The molecule has 0 unspecified atom stereocenters. The van der Waals surface area contributed by atoms with E-state index < -0.39 is 11.6 Å². The highest BCUT2D eigenvalue weighted by Gasteiger charge is 2.13. The van der Waals surface area contributed by atoms with Gasteiger partial charge in [0.05, 0.1) is 0 Å². The Morgan fingerprint density at radius 3 is 0.932 bits per heavy atom. The molecular weight excluding hydrogens is 556 g/mol. The van der Waals surface area contributed by atoms with Gasteiger partial charge in [0.1, 0.15) is 23.3 Å². The number of hydrogen-bond acceptors (Lipinski definition) is 0. The summed E-state index contributed by atoms with van der Waals surface area (Å²) in [5, 5.41) is 0. The molecule has 0 N–H and O–H groups in total. The van der Waals surface area contributed by atoms with Crippen LogP contribution in [0.4, 0.5) is 17.6 Å². The first-order chi connectivity index (χ1) is 20.6. The summed E-state index contributed by atoms with van der Waals surface area (Å²) in [6, 6.07) is 21.6. The predicted octanol–water partition coefficient (Wildman–Crippen LogP) is 12.6. The minimum absolute atomic E-state index is 0.0885. The Labute approximate surface area is 264 Å². The van der Waals surface area contributed by atoms with Gasteiger partial charge in [-0.15, -0.1) is 0 Å². The maximum atomic E-state index is 12.6. The van der Waals surface area contributed by atoms with Crippen molar-refractivity contribution in [2.24, 2.45) is 11.8 Å². The van der Waals surface area contributed by atoms with Crippen LogP contribution in [0.2, 0.25) is 0 Å². The van der Waals surface area contributed by atoms with E-state index in [1.807, 2.05) is 26.0 Å². The first kappa shape index (κ1) is 38.6. The van der Waals surface area contributed by atoms with E-state index in [2.05, 4.69) is 52.0 Å². The van der Waals surface area contributed by atoms with Crippen molar-refractivity contribution < 1.29 is 17.6 Å². The lowest BCUT2D eigenvalue weighted by molar-refractivity contribution is 0.308. The van der Waals surface area contributed by atoms with Crippen LogP contribution in [0.1, 0.15) is 84.0 Å². The Hall–Kier alpha value is -3.40. The smallest absolute Gasteiger partial charge is 0.129 e. The van der Waals surface area contributed by atoms with Crippen molar-refractivity contribution in [1.82, 2.24) is 0 Å². The molecule has 0 radical (unpaired) electrons. The third kappa shape index (κ3) is 15.9. The van der Waals surface area contributed by atoms with Gasteiger partial charge < -0.3 is 0 Å². The Kier molecular flexibility index (Phi) is 17.4. The van der Waals surface area contributed by atoms with Crippen molar-refractivity contribution in [3.05, 3.63) is 141 Å². The molecule has 1 fully saturated rings. The number of aryl methyl sites for hydroxylation is 7. The van der Waals surface area contributed by atoms with Gasteiger partial charge >= 0.3 is 0 Å². The van der Waals surface area contributed by atoms with E-state index in [1.165, 1.54) is 68.0 Å². The minimum Gasteiger partial charge on any atom is -0.207 e. The first-order valence-corrected chi connectivity index (χ1v) is 15.5. The van der Waals surface area contributed by atoms with E-state index in [9.17, 15) is 17.6 Å². The van der Waals surface area contributed by atoms with Crippen LogP contribution in [0.3, 0.4) is 0 Å². The summed E-state index contributed by atoms with van der Waals surface area (Å²) >= 11 is 0. The van der Waals surface area contributed by atoms with E-state index in [-0.39, 0.29) is 17.2 Å². The van der Waals surface area contributed by atoms with Crippen LogP contribution < -0.4 is 0 Å². The SMILES string of the molecule is CC1CCC(C)CC1.Cc1cc(F)c(C)c(F)c1.Cc1ccc(C)c(F)c1.Cc1ccc(C)c(F)c1.Cc1ccc(C)cc1. The molecule has 0 nitrogen and oxygen atoms in total. The fourth-order valence-corrected chi connectivity index (χ4v) is 4.23. The van der Waals surface area contributed by atoms with Crippen LogP contribution in [-0.4, -0.2) is 0 Å². The second-order valence-electron chi connectivity index (χ2n) is 12.4. The van der Waals surface area contributed by atoms with E-state index in [0.717, 1.165) is 23.0 Å². The molecule has 0 atom stereocenters. The van der Waals surface area contributed by atoms with E-state index in [4.69, 9.17) is 0 Å². The first-order valence-electron chi connectivity index (χ1n) is 15.5. The average Bonchev–Trinajstić information content (AvgIpc) is 2.96. The Morgan fingerprint density at radius 1 is 0.386 bits per heavy atom. The normalized spacial score (nSPS) is 15.1. The molecule has 0 aromatic heterocycles. The molecule has 0 aliphatic heterocycles. The molecule has 4 aromatic rings. The highest BCUT2D eigenvalue weighted by atomic mass is 19.1. The highest BCUT2D eigenvalue weighted by Crippen LogP contribution is 2.27. The van der Waals surface area contributed by atoms with Crippen LogP contribution in [-0.2, 0) is 0 Å². The van der Waals surface area contributed by atoms with Gasteiger partial charge in [-0.3, -0.25) is 0 Å². The maximum Gasteiger partial charge on any atom is 0.129 e. The fraction of sp³-hybridized carbons (Fsp3) is 0.400. The van der Waals surface area contributed by atoms with Crippen LogP contribution in [0.5, 0.6) is 0 Å². The van der Waals surface area contributed by atoms with Crippen molar-refractivity contribution >= 4 is 0 Å². The molecule has 4 heteroatoms. The molecule has 0 spiro atoms. The zero-order chi connectivity index (χ0) is 33.4. The monoisotopic (exact) mass is 608 g/mol. The van der Waals surface area contributed by atoms with Gasteiger partial charge in [0, 0.05) is 5.56 Å². The summed E-state index contributed by atoms with van der Waals surface area (Å²) in [4.78, 5) is 0. The van der Waals surface area contributed by atoms with Crippen molar-refractivity contribution in [1.29, 1.82) is 0 Å². The van der Waals surface area contributed by atoms with Crippen LogP contribution in [0, 0.1) is 90.5 Å². The maximum absolute atomic E-state index is 12.6. The van der Waals surface area contributed by atoms with Gasteiger partial charge in [0.15, 0.2) is 0 Å². The minimum atomic E-state index is -0.475. The summed E-state index contributed by atoms with van der Waals surface area (Å²) in [5.41, 5.74) is 6.72. The van der Waals surface area contributed by atoms with Crippen LogP contribution in [0.15, 0.2) is 72.8 Å². The lowest BCUT2D eigenvalue weighted by Gasteiger charge is -2.22. The van der Waals surface area contributed by atoms with Crippen molar-refractivity contribution in [3.63, 3.8) is 0 Å². The molecule has 1 aliphatic carbocycles. The quantitative estimate of drug-likeness (QED) is 0.174. The number of rotatable bonds is 0. The zero-order valence-electron chi connectivity index (χ0n) is 28.4. The number of halogens is 4. The molecule has 1 saturated carbocycles. The summed E-state index contributed by atoms with van der Waals surface area (Å²) in [7, 11) is 0. The van der Waals surface area contributed by atoms with Crippen LogP contribution in [0.25, 0.3) is 0 Å². The molecule has 0 saturated heterocycles.